The Balaban J connectivity index is 1.32. The number of rotatable bonds is 4. The Morgan fingerprint density at radius 2 is 1.00 bits per heavy atom. The molecule has 0 N–H and O–H groups in total. The average Bonchev–Trinajstić information content (AvgIpc) is 3.51. The van der Waals surface area contributed by atoms with E-state index < -0.39 is 0 Å². The van der Waals surface area contributed by atoms with Crippen molar-refractivity contribution in [2.24, 2.45) is 0 Å². The highest BCUT2D eigenvalue weighted by Gasteiger charge is 2.25. The molecule has 0 saturated carbocycles. The van der Waals surface area contributed by atoms with Crippen LogP contribution in [0, 0.1) is 0 Å². The van der Waals surface area contributed by atoms with Crippen LogP contribution < -0.4 is 0 Å². The van der Waals surface area contributed by atoms with E-state index in [1.807, 2.05) is 72.4 Å². The third-order valence-electron chi connectivity index (χ3n) is 8.88. The van der Waals surface area contributed by atoms with Gasteiger partial charge in [-0.25, -0.2) is 15.0 Å². The molecule has 0 spiro atoms. The molecular weight excluding hydrogens is 583 g/mol. The van der Waals surface area contributed by atoms with Gasteiger partial charge in [0.25, 0.3) is 0 Å². The summed E-state index contributed by atoms with van der Waals surface area (Å²) in [6.45, 7) is 0. The number of benzene rings is 7. The van der Waals surface area contributed by atoms with Gasteiger partial charge in [-0.05, 0) is 63.7 Å². The van der Waals surface area contributed by atoms with Gasteiger partial charge in [0.1, 0.15) is 11.2 Å². The number of hydrogen-bond acceptors (Lipinski definition) is 5. The van der Waals surface area contributed by atoms with E-state index >= 15 is 0 Å². The SMILES string of the molecule is c1ccc(-c2nc(-c3ccccc3)nc(-c3cc4ccccc4cc3-c3cc4oc5cccc6c5c4c4c(cccc34)S6)n2)cc1. The summed E-state index contributed by atoms with van der Waals surface area (Å²) in [5.41, 5.74) is 6.79. The number of furan rings is 1. The van der Waals surface area contributed by atoms with Gasteiger partial charge in [0.2, 0.25) is 0 Å². The summed E-state index contributed by atoms with van der Waals surface area (Å²) in [6.07, 6.45) is 0. The molecule has 0 fully saturated rings. The molecule has 9 aromatic rings. The number of nitrogens with zero attached hydrogens (tertiary/aromatic N) is 3. The maximum atomic E-state index is 6.57. The van der Waals surface area contributed by atoms with Crippen molar-refractivity contribution >= 4 is 55.2 Å². The molecule has 0 bridgehead atoms. The van der Waals surface area contributed by atoms with E-state index in [-0.39, 0.29) is 0 Å². The van der Waals surface area contributed by atoms with Crippen molar-refractivity contribution < 1.29 is 4.42 Å². The van der Waals surface area contributed by atoms with Crippen LogP contribution in [0.4, 0.5) is 0 Å². The summed E-state index contributed by atoms with van der Waals surface area (Å²) < 4.78 is 6.57. The molecule has 2 aromatic heterocycles. The molecular formula is C41H23N3OS. The molecule has 1 aliphatic rings. The lowest BCUT2D eigenvalue weighted by atomic mass is 9.90. The average molecular weight is 606 g/mol. The lowest BCUT2D eigenvalue weighted by molar-refractivity contribution is 0.669. The van der Waals surface area contributed by atoms with E-state index in [2.05, 4.69) is 78.9 Å². The van der Waals surface area contributed by atoms with Crippen LogP contribution in [0.1, 0.15) is 0 Å². The second kappa shape index (κ2) is 9.86. The Labute approximate surface area is 268 Å². The zero-order valence-electron chi connectivity index (χ0n) is 24.4. The highest BCUT2D eigenvalue weighted by molar-refractivity contribution is 8.00. The summed E-state index contributed by atoms with van der Waals surface area (Å²) in [5.74, 6) is 1.91. The van der Waals surface area contributed by atoms with Gasteiger partial charge in [-0.15, -0.1) is 0 Å². The first-order valence-corrected chi connectivity index (χ1v) is 16.1. The number of hydrogen-bond donors (Lipinski definition) is 0. The van der Waals surface area contributed by atoms with Crippen LogP contribution in [0.25, 0.3) is 88.8 Å². The van der Waals surface area contributed by atoms with Crippen LogP contribution in [0.3, 0.4) is 0 Å². The summed E-state index contributed by atoms with van der Waals surface area (Å²) in [7, 11) is 0. The molecule has 46 heavy (non-hydrogen) atoms. The van der Waals surface area contributed by atoms with Gasteiger partial charge in [-0.1, -0.05) is 115 Å². The van der Waals surface area contributed by atoms with Gasteiger partial charge in [0.05, 0.1) is 0 Å². The summed E-state index contributed by atoms with van der Waals surface area (Å²) in [6, 6.07) is 48.4. The molecule has 1 aliphatic heterocycles. The minimum Gasteiger partial charge on any atom is -0.456 e. The normalized spacial score (nSPS) is 12.3. The first-order valence-electron chi connectivity index (χ1n) is 15.3. The quantitative estimate of drug-likeness (QED) is 0.200. The number of aromatic nitrogens is 3. The second-order valence-corrected chi connectivity index (χ2v) is 12.7. The summed E-state index contributed by atoms with van der Waals surface area (Å²) >= 11 is 1.82. The topological polar surface area (TPSA) is 51.8 Å². The minimum absolute atomic E-state index is 0.631. The second-order valence-electron chi connectivity index (χ2n) is 11.6. The van der Waals surface area contributed by atoms with Crippen molar-refractivity contribution in [3.8, 4) is 45.3 Å². The first kappa shape index (κ1) is 25.5. The van der Waals surface area contributed by atoms with Crippen molar-refractivity contribution in [3.63, 3.8) is 0 Å². The van der Waals surface area contributed by atoms with Gasteiger partial charge < -0.3 is 4.42 Å². The molecule has 0 aliphatic carbocycles. The molecule has 4 nitrogen and oxygen atoms in total. The maximum absolute atomic E-state index is 6.57. The molecule has 214 valence electrons. The van der Waals surface area contributed by atoms with Crippen LogP contribution in [0.15, 0.2) is 154 Å². The fourth-order valence-electron chi connectivity index (χ4n) is 6.80. The van der Waals surface area contributed by atoms with Crippen LogP contribution >= 0.6 is 11.8 Å². The third-order valence-corrected chi connectivity index (χ3v) is 10.0. The van der Waals surface area contributed by atoms with E-state index in [4.69, 9.17) is 19.4 Å². The minimum atomic E-state index is 0.631. The Morgan fingerprint density at radius 3 is 1.70 bits per heavy atom. The molecule has 0 radical (unpaired) electrons. The van der Waals surface area contributed by atoms with Crippen molar-refractivity contribution in [2.75, 3.05) is 0 Å². The number of fused-ring (bicyclic) bond motifs is 1. The van der Waals surface area contributed by atoms with E-state index in [1.54, 1.807) is 0 Å². The van der Waals surface area contributed by atoms with Crippen LogP contribution in [-0.2, 0) is 0 Å². The van der Waals surface area contributed by atoms with E-state index in [1.165, 1.54) is 31.3 Å². The molecule has 0 unspecified atom stereocenters. The van der Waals surface area contributed by atoms with Gasteiger partial charge in [0, 0.05) is 42.6 Å². The highest BCUT2D eigenvalue weighted by Crippen LogP contribution is 2.52. The van der Waals surface area contributed by atoms with Gasteiger partial charge in [-0.3, -0.25) is 0 Å². The fourth-order valence-corrected chi connectivity index (χ4v) is 7.94. The van der Waals surface area contributed by atoms with Crippen molar-refractivity contribution in [2.45, 2.75) is 9.79 Å². The zero-order chi connectivity index (χ0) is 30.2. The molecule has 10 rings (SSSR count). The Hall–Kier alpha value is -5.78. The van der Waals surface area contributed by atoms with Crippen molar-refractivity contribution in [1.82, 2.24) is 15.0 Å². The zero-order valence-corrected chi connectivity index (χ0v) is 25.3. The predicted molar refractivity (Wildman–Crippen MR) is 188 cm³/mol. The largest absolute Gasteiger partial charge is 0.456 e. The van der Waals surface area contributed by atoms with Crippen LogP contribution in [0.5, 0.6) is 0 Å². The third kappa shape index (κ3) is 3.85. The summed E-state index contributed by atoms with van der Waals surface area (Å²) in [4.78, 5) is 17.7. The Kier molecular flexibility index (Phi) is 5.47. The monoisotopic (exact) mass is 605 g/mol. The van der Waals surface area contributed by atoms with E-state index in [9.17, 15) is 0 Å². The predicted octanol–water partition coefficient (Wildman–Crippen LogP) is 11.2. The Morgan fingerprint density at radius 1 is 0.413 bits per heavy atom. The highest BCUT2D eigenvalue weighted by atomic mass is 32.2. The molecule has 0 atom stereocenters. The van der Waals surface area contributed by atoms with Crippen molar-refractivity contribution in [3.05, 3.63) is 140 Å². The van der Waals surface area contributed by atoms with Gasteiger partial charge in [0.15, 0.2) is 17.5 Å². The van der Waals surface area contributed by atoms with Crippen LogP contribution in [0.2, 0.25) is 0 Å². The fraction of sp³-hybridized carbons (Fsp3) is 0. The molecule has 3 heterocycles. The Bertz CT molecular complexity index is 2610. The van der Waals surface area contributed by atoms with Gasteiger partial charge in [-0.2, -0.15) is 0 Å². The first-order chi connectivity index (χ1) is 22.8. The summed E-state index contributed by atoms with van der Waals surface area (Å²) in [5, 5.41) is 7.10. The molecule has 5 heteroatoms. The standard InChI is InChI=1S/C41H23N3OS/c1-3-11-24(12-4-1)39-42-40(25-13-5-2-6-14-25)44-41(43-39)31-22-27-16-8-7-15-26(27)21-29(31)30-23-33-38-36-28(30)17-9-19-34(36)46-35-20-10-18-32(45-33)37(35)38/h1-23H. The van der Waals surface area contributed by atoms with Crippen LogP contribution in [-0.4, -0.2) is 15.0 Å². The molecule has 0 amide bonds. The molecule has 7 aromatic carbocycles. The lowest BCUT2D eigenvalue weighted by Gasteiger charge is -2.18. The lowest BCUT2D eigenvalue weighted by Crippen LogP contribution is -2.01. The van der Waals surface area contributed by atoms with Crippen molar-refractivity contribution in [1.29, 1.82) is 0 Å². The smallest absolute Gasteiger partial charge is 0.164 e. The van der Waals surface area contributed by atoms with Gasteiger partial charge >= 0.3 is 0 Å². The maximum Gasteiger partial charge on any atom is 0.164 e. The van der Waals surface area contributed by atoms with E-state index in [0.717, 1.165) is 49.8 Å². The van der Waals surface area contributed by atoms with E-state index in [0.29, 0.717) is 17.5 Å². The molecule has 0 saturated heterocycles.